The molecule has 8 nitrogen and oxygen atoms in total. The van der Waals surface area contributed by atoms with Crippen molar-refractivity contribution in [3.63, 3.8) is 0 Å². The van der Waals surface area contributed by atoms with E-state index in [9.17, 15) is 29.3 Å². The third kappa shape index (κ3) is 8.11. The average molecular weight is 498 g/mol. The summed E-state index contributed by atoms with van der Waals surface area (Å²) in [7, 11) is 0. The molecule has 1 aromatic heterocycles. The Morgan fingerprint density at radius 1 is 1.20 bits per heavy atom. The molecule has 3 rings (SSSR count). The number of rotatable bonds is 12. The second-order valence-corrected chi connectivity index (χ2v) is 9.42. The summed E-state index contributed by atoms with van der Waals surface area (Å²) in [6.07, 6.45) is 1.12. The number of carbonyl (C=O) groups is 2. The third-order valence-corrected chi connectivity index (χ3v) is 6.32. The molecule has 0 radical (unpaired) electrons. The minimum Gasteiger partial charge on any atom is -0.550 e. The molecule has 186 valence electrons. The Kier molecular flexibility index (Phi) is 11.4. The Hall–Kier alpha value is -1.78. The monoisotopic (exact) mass is 497 g/mol. The number of aliphatic hydroxyl groups is 2. The number of carboxylic acid groups (broad SMARTS) is 1. The van der Waals surface area contributed by atoms with Gasteiger partial charge in [0.15, 0.2) is 5.69 Å². The standard InChI is InChI=1S/C25H34FN3O5.Na/c1-15(2)23-21(11-10-19(30)12-20(31)13-22(32)33)29(18-8-6-17(26)7-9-18)28-24(23)25(34)27-14-16-4-3-5-16;/h6-9,15-16,19-20,30-31H,3-5,10-14H2,1-2H3,(H,27,34)(H,32,33);/q;+1/p-1/t19-,20-;/m1./s1. The van der Waals surface area contributed by atoms with Crippen LogP contribution in [-0.4, -0.2) is 50.6 Å². The molecule has 0 bridgehead atoms. The van der Waals surface area contributed by atoms with E-state index in [-0.39, 0.29) is 54.2 Å². The fourth-order valence-electron chi connectivity index (χ4n) is 4.30. The molecule has 1 fully saturated rings. The van der Waals surface area contributed by atoms with Gasteiger partial charge in [0, 0.05) is 30.2 Å². The average Bonchev–Trinajstić information content (AvgIpc) is 3.10. The van der Waals surface area contributed by atoms with Gasteiger partial charge in [-0.1, -0.05) is 20.3 Å². The van der Waals surface area contributed by atoms with Gasteiger partial charge in [-0.05, 0) is 68.2 Å². The normalized spacial score (nSPS) is 15.3. The predicted molar refractivity (Wildman–Crippen MR) is 122 cm³/mol. The molecule has 0 unspecified atom stereocenters. The van der Waals surface area contributed by atoms with Crippen molar-refractivity contribution >= 4 is 11.9 Å². The maximum atomic E-state index is 13.5. The molecule has 35 heavy (non-hydrogen) atoms. The molecule has 10 heteroatoms. The number of amides is 1. The summed E-state index contributed by atoms with van der Waals surface area (Å²) in [5.41, 5.74) is 2.35. The van der Waals surface area contributed by atoms with Gasteiger partial charge in [0.1, 0.15) is 5.82 Å². The van der Waals surface area contributed by atoms with Gasteiger partial charge in [-0.3, -0.25) is 4.79 Å². The van der Waals surface area contributed by atoms with E-state index >= 15 is 0 Å². The molecule has 1 amide bonds. The zero-order valence-electron chi connectivity index (χ0n) is 20.7. The van der Waals surface area contributed by atoms with Gasteiger partial charge in [0.25, 0.3) is 5.91 Å². The van der Waals surface area contributed by atoms with Crippen LogP contribution in [0.15, 0.2) is 24.3 Å². The number of hydrogen-bond acceptors (Lipinski definition) is 6. The third-order valence-electron chi connectivity index (χ3n) is 6.32. The summed E-state index contributed by atoms with van der Waals surface area (Å²) < 4.78 is 15.1. The minimum absolute atomic E-state index is 0. The van der Waals surface area contributed by atoms with E-state index in [0.29, 0.717) is 36.0 Å². The van der Waals surface area contributed by atoms with E-state index in [1.165, 1.54) is 18.6 Å². The fourth-order valence-corrected chi connectivity index (χ4v) is 4.30. The smallest absolute Gasteiger partial charge is 0.550 e. The Bertz CT molecular complexity index is 992. The van der Waals surface area contributed by atoms with Crippen LogP contribution in [0.2, 0.25) is 0 Å². The molecule has 2 atom stereocenters. The van der Waals surface area contributed by atoms with E-state index in [4.69, 9.17) is 0 Å². The molecule has 1 aromatic carbocycles. The van der Waals surface area contributed by atoms with E-state index in [1.807, 2.05) is 13.8 Å². The quantitative estimate of drug-likeness (QED) is 0.318. The fraction of sp³-hybridized carbons (Fsp3) is 0.560. The minimum atomic E-state index is -1.38. The molecule has 0 spiro atoms. The maximum Gasteiger partial charge on any atom is 1.00 e. The Balaban J connectivity index is 0.00000432. The Labute approximate surface area is 227 Å². The van der Waals surface area contributed by atoms with Crippen LogP contribution in [0.5, 0.6) is 0 Å². The van der Waals surface area contributed by atoms with Crippen LogP contribution in [0.25, 0.3) is 5.69 Å². The first-order valence-electron chi connectivity index (χ1n) is 11.9. The van der Waals surface area contributed by atoms with E-state index in [0.717, 1.165) is 18.4 Å². The summed E-state index contributed by atoms with van der Waals surface area (Å²) in [6.45, 7) is 4.51. The van der Waals surface area contributed by atoms with Crippen LogP contribution in [0.4, 0.5) is 4.39 Å². The maximum absolute atomic E-state index is 13.5. The molecular weight excluding hydrogens is 464 g/mol. The van der Waals surface area contributed by atoms with Crippen molar-refractivity contribution in [2.45, 2.75) is 76.9 Å². The molecule has 0 saturated heterocycles. The van der Waals surface area contributed by atoms with E-state index in [2.05, 4.69) is 10.4 Å². The van der Waals surface area contributed by atoms with Crippen molar-refractivity contribution in [1.29, 1.82) is 0 Å². The second-order valence-electron chi connectivity index (χ2n) is 9.42. The first kappa shape index (κ1) is 29.5. The van der Waals surface area contributed by atoms with Gasteiger partial charge in [-0.15, -0.1) is 0 Å². The van der Waals surface area contributed by atoms with Crippen molar-refractivity contribution in [2.24, 2.45) is 5.92 Å². The number of carbonyl (C=O) groups excluding carboxylic acids is 2. The number of hydrogen-bond donors (Lipinski definition) is 3. The van der Waals surface area contributed by atoms with Crippen molar-refractivity contribution in [3.05, 3.63) is 47.0 Å². The Morgan fingerprint density at radius 3 is 2.40 bits per heavy atom. The van der Waals surface area contributed by atoms with E-state index < -0.39 is 30.4 Å². The van der Waals surface area contributed by atoms with Gasteiger partial charge in [-0.25, -0.2) is 9.07 Å². The molecule has 1 heterocycles. The molecular formula is C25H33FN3NaO5. The van der Waals surface area contributed by atoms with Crippen LogP contribution in [0.1, 0.15) is 80.0 Å². The number of halogens is 1. The number of aromatic nitrogens is 2. The molecule has 1 saturated carbocycles. The Morgan fingerprint density at radius 2 is 1.86 bits per heavy atom. The molecule has 1 aliphatic carbocycles. The first-order valence-corrected chi connectivity index (χ1v) is 11.9. The number of nitrogens with one attached hydrogen (secondary N) is 1. The van der Waals surface area contributed by atoms with Crippen molar-refractivity contribution < 1.29 is 58.9 Å². The summed E-state index contributed by atoms with van der Waals surface area (Å²) in [5, 5.41) is 38.4. The topological polar surface area (TPSA) is 128 Å². The SMILES string of the molecule is CC(C)c1c(C(=O)NCC2CCC2)nn(-c2ccc(F)cc2)c1CC[C@@H](O)C[C@@H](O)CC(=O)[O-].[Na+]. The van der Waals surface area contributed by atoms with Gasteiger partial charge in [-0.2, -0.15) is 5.10 Å². The number of carboxylic acids is 1. The van der Waals surface area contributed by atoms with E-state index in [1.54, 1.807) is 16.8 Å². The number of aliphatic carboxylic acids is 1. The number of aliphatic hydroxyl groups excluding tert-OH is 2. The largest absolute Gasteiger partial charge is 1.00 e. The van der Waals surface area contributed by atoms with Gasteiger partial charge < -0.3 is 25.4 Å². The summed E-state index contributed by atoms with van der Waals surface area (Å²) in [4.78, 5) is 23.7. The molecule has 1 aliphatic rings. The summed E-state index contributed by atoms with van der Waals surface area (Å²) >= 11 is 0. The first-order chi connectivity index (χ1) is 16.2. The summed E-state index contributed by atoms with van der Waals surface area (Å²) in [6, 6.07) is 5.78. The predicted octanol–water partition coefficient (Wildman–Crippen LogP) is -1.15. The van der Waals surface area contributed by atoms with Crippen LogP contribution in [-0.2, 0) is 11.2 Å². The zero-order chi connectivity index (χ0) is 24.8. The van der Waals surface area contributed by atoms with Crippen molar-refractivity contribution in [3.8, 4) is 5.69 Å². The van der Waals surface area contributed by atoms with Crippen LogP contribution < -0.4 is 40.0 Å². The van der Waals surface area contributed by atoms with Gasteiger partial charge in [0.05, 0.1) is 17.9 Å². The van der Waals surface area contributed by atoms with Crippen molar-refractivity contribution in [2.75, 3.05) is 6.54 Å². The number of benzene rings is 1. The molecule has 2 aromatic rings. The van der Waals surface area contributed by atoms with Crippen LogP contribution >= 0.6 is 0 Å². The van der Waals surface area contributed by atoms with Gasteiger partial charge in [0.2, 0.25) is 0 Å². The van der Waals surface area contributed by atoms with Crippen LogP contribution in [0, 0.1) is 11.7 Å². The molecule has 0 aliphatic heterocycles. The second kappa shape index (κ2) is 13.5. The zero-order valence-corrected chi connectivity index (χ0v) is 22.7. The molecule has 3 N–H and O–H groups in total. The number of nitrogens with zero attached hydrogens (tertiary/aromatic N) is 2. The summed E-state index contributed by atoms with van der Waals surface area (Å²) in [5.74, 6) is -1.59. The van der Waals surface area contributed by atoms with Crippen LogP contribution in [0.3, 0.4) is 0 Å². The van der Waals surface area contributed by atoms with Gasteiger partial charge >= 0.3 is 29.6 Å². The van der Waals surface area contributed by atoms with Crippen molar-refractivity contribution in [1.82, 2.24) is 15.1 Å².